The number of carboxylic acids is 1. The highest BCUT2D eigenvalue weighted by Crippen LogP contribution is 2.41. The summed E-state index contributed by atoms with van der Waals surface area (Å²) >= 11 is 0. The van der Waals surface area contributed by atoms with Gasteiger partial charge in [0.15, 0.2) is 0 Å². The lowest BCUT2D eigenvalue weighted by molar-refractivity contribution is -0.198. The third-order valence-corrected chi connectivity index (χ3v) is 8.78. The number of hydrogen-bond donors (Lipinski definition) is 3. The summed E-state index contributed by atoms with van der Waals surface area (Å²) in [6, 6.07) is 13.0. The van der Waals surface area contributed by atoms with E-state index in [1.807, 2.05) is 47.8 Å². The first-order valence-corrected chi connectivity index (χ1v) is 14.2. The molecule has 2 aliphatic heterocycles. The molecule has 4 aromatic rings. The smallest absolute Gasteiger partial charge is 0.429 e. The summed E-state index contributed by atoms with van der Waals surface area (Å²) in [5, 5.41) is 13.5. The lowest BCUT2D eigenvalue weighted by atomic mass is 9.76. The highest BCUT2D eigenvalue weighted by molar-refractivity contribution is 5.88. The first-order chi connectivity index (χ1) is 20.4. The van der Waals surface area contributed by atoms with Gasteiger partial charge in [-0.25, -0.2) is 0 Å². The van der Waals surface area contributed by atoms with E-state index in [1.165, 1.54) is 18.2 Å². The zero-order valence-corrected chi connectivity index (χ0v) is 23.9. The van der Waals surface area contributed by atoms with Gasteiger partial charge in [0.1, 0.15) is 11.9 Å². The van der Waals surface area contributed by atoms with Crippen molar-refractivity contribution in [1.82, 2.24) is 19.9 Å². The molecule has 0 bridgehead atoms. The largest absolute Gasteiger partial charge is 0.480 e. The molecule has 4 N–H and O–H groups in total. The molecule has 9 nitrogen and oxygen atoms in total. The molecule has 0 aliphatic carbocycles. The summed E-state index contributed by atoms with van der Waals surface area (Å²) in [7, 11) is 1.98. The highest BCUT2D eigenvalue weighted by Gasteiger charge is 2.45. The van der Waals surface area contributed by atoms with Crippen molar-refractivity contribution in [2.24, 2.45) is 12.5 Å². The van der Waals surface area contributed by atoms with E-state index in [-0.39, 0.29) is 22.8 Å². The predicted molar refractivity (Wildman–Crippen MR) is 157 cm³/mol. The molecule has 2 aromatic carbocycles. The van der Waals surface area contributed by atoms with E-state index in [2.05, 4.69) is 15.3 Å². The van der Waals surface area contributed by atoms with Crippen LogP contribution in [0.5, 0.6) is 5.88 Å². The van der Waals surface area contributed by atoms with Gasteiger partial charge in [0.25, 0.3) is 0 Å². The van der Waals surface area contributed by atoms with Crippen molar-refractivity contribution < 1.29 is 27.8 Å². The van der Waals surface area contributed by atoms with E-state index in [9.17, 15) is 23.1 Å². The lowest BCUT2D eigenvalue weighted by Gasteiger charge is -2.39. The topological polar surface area (TPSA) is 119 Å². The van der Waals surface area contributed by atoms with Gasteiger partial charge < -0.3 is 30.4 Å². The van der Waals surface area contributed by atoms with Gasteiger partial charge in [0.2, 0.25) is 17.9 Å². The molecular formula is C31H33F3N6O3. The van der Waals surface area contributed by atoms with Gasteiger partial charge in [-0.1, -0.05) is 30.3 Å². The van der Waals surface area contributed by atoms with Gasteiger partial charge in [-0.05, 0) is 60.4 Å². The third kappa shape index (κ3) is 5.71. The molecule has 4 heterocycles. The predicted octanol–water partition coefficient (Wildman–Crippen LogP) is 5.24. The molecule has 2 saturated heterocycles. The Labute approximate surface area is 246 Å². The summed E-state index contributed by atoms with van der Waals surface area (Å²) < 4.78 is 50.4. The van der Waals surface area contributed by atoms with Crippen molar-refractivity contribution in [2.75, 3.05) is 30.3 Å². The molecule has 0 saturated carbocycles. The highest BCUT2D eigenvalue weighted by atomic mass is 19.4. The molecule has 2 fully saturated rings. The second-order valence-corrected chi connectivity index (χ2v) is 11.7. The Morgan fingerprint density at radius 1 is 1.12 bits per heavy atom. The number of carboxylic acid groups (broad SMARTS) is 1. The average molecular weight is 595 g/mol. The minimum Gasteiger partial charge on any atom is -0.480 e. The van der Waals surface area contributed by atoms with Gasteiger partial charge in [0, 0.05) is 55.4 Å². The maximum atomic E-state index is 14.3. The van der Waals surface area contributed by atoms with Crippen LogP contribution in [0.3, 0.4) is 0 Å². The molecule has 0 radical (unpaired) electrons. The Morgan fingerprint density at radius 2 is 1.81 bits per heavy atom. The number of aryl methyl sites for hydroxylation is 2. The maximum absolute atomic E-state index is 14.3. The summed E-state index contributed by atoms with van der Waals surface area (Å²) in [6.07, 6.45) is -2.95. The third-order valence-electron chi connectivity index (χ3n) is 8.78. The van der Waals surface area contributed by atoms with Crippen molar-refractivity contribution in [3.8, 4) is 17.0 Å². The SMILES string of the molecule is Cc1cn(C)c2ccc(-c3ccc([C@@H](Oc4cc(N5CCC6(CC5)CN[C@H](C(=O)O)C6)nc(N)n4)C(F)(F)F)cc3)cc12. The number of nitrogens with zero attached hydrogens (tertiary/aromatic N) is 4. The van der Waals surface area contributed by atoms with Crippen molar-refractivity contribution in [2.45, 2.75) is 44.5 Å². The number of nitrogens with one attached hydrogen (secondary N) is 1. The number of hydrogen-bond acceptors (Lipinski definition) is 7. The second kappa shape index (κ2) is 10.7. The van der Waals surface area contributed by atoms with Crippen LogP contribution in [0.25, 0.3) is 22.0 Å². The van der Waals surface area contributed by atoms with Crippen molar-refractivity contribution in [3.63, 3.8) is 0 Å². The molecular weight excluding hydrogens is 561 g/mol. The van der Waals surface area contributed by atoms with Crippen molar-refractivity contribution in [3.05, 3.63) is 65.9 Å². The normalized spacial score (nSPS) is 19.2. The molecule has 2 atom stereocenters. The minimum atomic E-state index is -4.71. The summed E-state index contributed by atoms with van der Waals surface area (Å²) in [4.78, 5) is 21.5. The Bertz CT molecular complexity index is 1660. The molecule has 12 heteroatoms. The van der Waals surface area contributed by atoms with E-state index >= 15 is 0 Å². The number of fused-ring (bicyclic) bond motifs is 1. The van der Waals surface area contributed by atoms with E-state index in [1.54, 1.807) is 12.1 Å². The fourth-order valence-corrected chi connectivity index (χ4v) is 6.40. The fourth-order valence-electron chi connectivity index (χ4n) is 6.40. The number of aromatic nitrogens is 3. The van der Waals surface area contributed by atoms with Crippen LogP contribution in [0.2, 0.25) is 0 Å². The quantitative estimate of drug-likeness (QED) is 0.277. The fraction of sp³-hybridized carbons (Fsp3) is 0.387. The monoisotopic (exact) mass is 594 g/mol. The summed E-state index contributed by atoms with van der Waals surface area (Å²) in [6.45, 7) is 3.76. The molecule has 226 valence electrons. The number of anilines is 2. The minimum absolute atomic E-state index is 0.0615. The van der Waals surface area contributed by atoms with Crippen LogP contribution in [0.4, 0.5) is 24.9 Å². The van der Waals surface area contributed by atoms with E-state index < -0.39 is 24.3 Å². The van der Waals surface area contributed by atoms with Crippen LogP contribution in [0.15, 0.2) is 54.7 Å². The Morgan fingerprint density at radius 3 is 2.47 bits per heavy atom. The number of rotatable bonds is 6. The zero-order chi connectivity index (χ0) is 30.5. The van der Waals surface area contributed by atoms with Crippen LogP contribution in [0.1, 0.15) is 36.5 Å². The number of nitrogens with two attached hydrogens (primary N) is 1. The van der Waals surface area contributed by atoms with Crippen LogP contribution in [-0.4, -0.2) is 57.5 Å². The summed E-state index contributed by atoms with van der Waals surface area (Å²) in [5.41, 5.74) is 9.61. The number of aliphatic carboxylic acids is 1. The number of benzene rings is 2. The van der Waals surface area contributed by atoms with Gasteiger partial charge >= 0.3 is 12.1 Å². The molecule has 0 unspecified atom stereocenters. The Kier molecular flexibility index (Phi) is 7.19. The van der Waals surface area contributed by atoms with E-state index in [4.69, 9.17) is 10.5 Å². The van der Waals surface area contributed by atoms with Crippen molar-refractivity contribution in [1.29, 1.82) is 0 Å². The molecule has 6 rings (SSSR count). The number of halogens is 3. The van der Waals surface area contributed by atoms with Gasteiger partial charge in [0.05, 0.1) is 0 Å². The van der Waals surface area contributed by atoms with E-state index in [0.29, 0.717) is 31.9 Å². The molecule has 0 amide bonds. The number of piperidine rings is 1. The van der Waals surface area contributed by atoms with Crippen LogP contribution < -0.4 is 20.7 Å². The van der Waals surface area contributed by atoms with E-state index in [0.717, 1.165) is 40.4 Å². The molecule has 2 aromatic heterocycles. The zero-order valence-electron chi connectivity index (χ0n) is 23.9. The molecule has 43 heavy (non-hydrogen) atoms. The second-order valence-electron chi connectivity index (χ2n) is 11.7. The standard InChI is InChI=1S/C31H33F3N6O3/c1-18-16-39(2)24-8-7-21(13-22(18)24)19-3-5-20(6-4-19)27(31(32,33)34)43-26-14-25(37-29(35)38-26)40-11-9-30(10-12-40)15-23(28(41)42)36-17-30/h3-8,13-14,16,23,27,36H,9-12,15,17H2,1-2H3,(H,41,42)(H2,35,37,38)/t23-,27+/m0/s1. The van der Waals surface area contributed by atoms with Gasteiger partial charge in [-0.2, -0.15) is 23.1 Å². The van der Waals surface area contributed by atoms with Crippen LogP contribution >= 0.6 is 0 Å². The van der Waals surface area contributed by atoms with Gasteiger partial charge in [-0.15, -0.1) is 0 Å². The Hall–Kier alpha value is -4.32. The number of alkyl halides is 3. The molecule has 2 aliphatic rings. The average Bonchev–Trinajstić information content (AvgIpc) is 3.51. The summed E-state index contributed by atoms with van der Waals surface area (Å²) in [5.74, 6) is -0.944. The van der Waals surface area contributed by atoms with Crippen LogP contribution in [-0.2, 0) is 11.8 Å². The van der Waals surface area contributed by atoms with Gasteiger partial charge in [-0.3, -0.25) is 4.79 Å². The number of nitrogen functional groups attached to an aromatic ring is 1. The number of carbonyl (C=O) groups is 1. The first-order valence-electron chi connectivity index (χ1n) is 14.2. The van der Waals surface area contributed by atoms with Crippen molar-refractivity contribution >= 4 is 28.6 Å². The molecule has 1 spiro atoms. The van der Waals surface area contributed by atoms with Crippen LogP contribution in [0, 0.1) is 12.3 Å². The number of ether oxygens (including phenoxy) is 1. The first kappa shape index (κ1) is 28.8. The lowest BCUT2D eigenvalue weighted by Crippen LogP contribution is -2.41. The maximum Gasteiger partial charge on any atom is 0.429 e. The Balaban J connectivity index is 1.20.